The summed E-state index contributed by atoms with van der Waals surface area (Å²) in [6.45, 7) is 5.67. The third-order valence-corrected chi connectivity index (χ3v) is 5.32. The zero-order chi connectivity index (χ0) is 22.4. The van der Waals surface area contributed by atoms with Crippen molar-refractivity contribution >= 4 is 23.5 Å². The number of rotatable bonds is 5. The number of hydrogen-bond donors (Lipinski definition) is 2. The number of carbonyl (C=O) groups is 2. The van der Waals surface area contributed by atoms with Gasteiger partial charge in [0.2, 0.25) is 0 Å². The Morgan fingerprint density at radius 3 is 2.55 bits per heavy atom. The molecule has 1 aromatic heterocycles. The third kappa shape index (κ3) is 5.42. The Bertz CT molecular complexity index is 914. The highest BCUT2D eigenvalue weighted by molar-refractivity contribution is 5.89. The van der Waals surface area contributed by atoms with E-state index in [1.807, 2.05) is 18.7 Å². The van der Waals surface area contributed by atoms with Crippen LogP contribution < -0.4 is 15.5 Å². The van der Waals surface area contributed by atoms with Gasteiger partial charge in [0.05, 0.1) is 30.7 Å². The number of hydrogen-bond acceptors (Lipinski definition) is 5. The number of nitrogens with zero attached hydrogens (tertiary/aromatic N) is 3. The molecule has 31 heavy (non-hydrogen) atoms. The minimum Gasteiger partial charge on any atom is -0.453 e. The molecule has 2 aromatic rings. The van der Waals surface area contributed by atoms with Crippen LogP contribution in [0.15, 0.2) is 36.5 Å². The monoisotopic (exact) mass is 429 g/mol. The van der Waals surface area contributed by atoms with Crippen molar-refractivity contribution in [2.45, 2.75) is 26.3 Å². The van der Waals surface area contributed by atoms with Gasteiger partial charge in [-0.25, -0.2) is 14.0 Å². The number of methoxy groups -OCH3 is 1. The first-order valence-electron chi connectivity index (χ1n) is 10.3. The first kappa shape index (κ1) is 22.3. The predicted octanol–water partition coefficient (Wildman–Crippen LogP) is 3.69. The number of amides is 3. The Hall–Kier alpha value is -3.36. The lowest BCUT2D eigenvalue weighted by atomic mass is 10.0. The van der Waals surface area contributed by atoms with E-state index >= 15 is 4.39 Å². The van der Waals surface area contributed by atoms with Crippen LogP contribution in [0.1, 0.15) is 30.6 Å². The zero-order valence-electron chi connectivity index (χ0n) is 18.0. The van der Waals surface area contributed by atoms with Crippen LogP contribution in [0.5, 0.6) is 0 Å². The summed E-state index contributed by atoms with van der Waals surface area (Å²) in [5.41, 5.74) is 2.30. The van der Waals surface area contributed by atoms with Gasteiger partial charge in [-0.3, -0.25) is 4.98 Å². The summed E-state index contributed by atoms with van der Waals surface area (Å²) in [6.07, 6.45) is 1.72. The van der Waals surface area contributed by atoms with Gasteiger partial charge in [-0.1, -0.05) is 19.1 Å². The molecule has 1 fully saturated rings. The molecule has 9 heteroatoms. The number of nitrogens with one attached hydrogen (secondary N) is 2. The smallest absolute Gasteiger partial charge is 0.409 e. The Morgan fingerprint density at radius 2 is 1.94 bits per heavy atom. The van der Waals surface area contributed by atoms with Crippen molar-refractivity contribution < 1.29 is 18.7 Å². The number of urea groups is 1. The van der Waals surface area contributed by atoms with Gasteiger partial charge in [0.25, 0.3) is 0 Å². The quantitative estimate of drug-likeness (QED) is 0.757. The van der Waals surface area contributed by atoms with Gasteiger partial charge in [0.1, 0.15) is 0 Å². The summed E-state index contributed by atoms with van der Waals surface area (Å²) in [6, 6.07) is 7.84. The van der Waals surface area contributed by atoms with E-state index < -0.39 is 12.1 Å². The second-order valence-electron chi connectivity index (χ2n) is 7.37. The minimum absolute atomic E-state index is 0.363. The summed E-state index contributed by atoms with van der Waals surface area (Å²) in [4.78, 5) is 31.8. The zero-order valence-corrected chi connectivity index (χ0v) is 18.0. The largest absolute Gasteiger partial charge is 0.453 e. The summed E-state index contributed by atoms with van der Waals surface area (Å²) < 4.78 is 20.2. The number of anilines is 2. The number of halogens is 1. The van der Waals surface area contributed by atoms with Crippen molar-refractivity contribution in [2.75, 3.05) is 43.5 Å². The van der Waals surface area contributed by atoms with E-state index in [-0.39, 0.29) is 11.9 Å². The van der Waals surface area contributed by atoms with Crippen LogP contribution in [0.3, 0.4) is 0 Å². The molecule has 8 nitrogen and oxygen atoms in total. The van der Waals surface area contributed by atoms with Crippen LogP contribution in [0.25, 0.3) is 0 Å². The molecule has 1 atom stereocenters. The maximum absolute atomic E-state index is 15.4. The molecule has 166 valence electrons. The Balaban J connectivity index is 1.69. The van der Waals surface area contributed by atoms with Crippen molar-refractivity contribution in [2.24, 2.45) is 0 Å². The summed E-state index contributed by atoms with van der Waals surface area (Å²) in [5.74, 6) is -0.363. The molecule has 0 spiro atoms. The molecule has 3 rings (SSSR count). The number of benzene rings is 1. The SMILES string of the molecule is CCC(NC(=O)Nc1ccc(C)nc1)c1cccc(N2CCN(C(=O)OC)CC2)c1F. The van der Waals surface area contributed by atoms with E-state index in [1.54, 1.807) is 41.4 Å². The molecule has 2 heterocycles. The van der Waals surface area contributed by atoms with Crippen LogP contribution >= 0.6 is 0 Å². The predicted molar refractivity (Wildman–Crippen MR) is 117 cm³/mol. The normalized spacial score (nSPS) is 14.7. The molecule has 1 saturated heterocycles. The lowest BCUT2D eigenvalue weighted by Gasteiger charge is -2.35. The summed E-state index contributed by atoms with van der Waals surface area (Å²) in [5, 5.41) is 5.57. The van der Waals surface area contributed by atoms with Gasteiger partial charge in [-0.05, 0) is 31.5 Å². The Morgan fingerprint density at radius 1 is 1.19 bits per heavy atom. The second-order valence-corrected chi connectivity index (χ2v) is 7.37. The summed E-state index contributed by atoms with van der Waals surface area (Å²) in [7, 11) is 1.35. The standard InChI is InChI=1S/C22H28FN5O3/c1-4-18(26-21(29)25-16-9-8-15(2)24-14-16)17-6-5-7-19(20(17)23)27-10-12-28(13-11-27)22(30)31-3/h5-9,14,18H,4,10-13H2,1-3H3,(H2,25,26,29). The van der Waals surface area contributed by atoms with Gasteiger partial charge in [0, 0.05) is 37.4 Å². The van der Waals surface area contributed by atoms with Crippen molar-refractivity contribution in [1.29, 1.82) is 0 Å². The molecule has 0 saturated carbocycles. The molecule has 3 amide bonds. The van der Waals surface area contributed by atoms with Crippen LogP contribution in [0.4, 0.5) is 25.4 Å². The van der Waals surface area contributed by atoms with Crippen LogP contribution in [0.2, 0.25) is 0 Å². The molecule has 1 unspecified atom stereocenters. The lowest BCUT2D eigenvalue weighted by Crippen LogP contribution is -2.49. The van der Waals surface area contributed by atoms with Gasteiger partial charge >= 0.3 is 12.1 Å². The number of aryl methyl sites for hydroxylation is 1. The molecule has 2 N–H and O–H groups in total. The average Bonchev–Trinajstić information content (AvgIpc) is 2.79. The average molecular weight is 429 g/mol. The topological polar surface area (TPSA) is 86.8 Å². The highest BCUT2D eigenvalue weighted by Gasteiger charge is 2.25. The lowest BCUT2D eigenvalue weighted by molar-refractivity contribution is 0.121. The first-order chi connectivity index (χ1) is 14.9. The van der Waals surface area contributed by atoms with Crippen molar-refractivity contribution in [1.82, 2.24) is 15.2 Å². The summed E-state index contributed by atoms with van der Waals surface area (Å²) >= 11 is 0. The molecular formula is C22H28FN5O3. The van der Waals surface area contributed by atoms with E-state index in [2.05, 4.69) is 15.6 Å². The Kier molecular flexibility index (Phi) is 7.28. The molecule has 1 aromatic carbocycles. The molecular weight excluding hydrogens is 401 g/mol. The maximum Gasteiger partial charge on any atom is 0.409 e. The fourth-order valence-electron chi connectivity index (χ4n) is 3.58. The molecule has 0 bridgehead atoms. The van der Waals surface area contributed by atoms with Gasteiger partial charge in [-0.15, -0.1) is 0 Å². The van der Waals surface area contributed by atoms with E-state index in [9.17, 15) is 9.59 Å². The fraction of sp³-hybridized carbons (Fsp3) is 0.409. The molecule has 0 aliphatic carbocycles. The van der Waals surface area contributed by atoms with Crippen LogP contribution in [-0.2, 0) is 4.74 Å². The van der Waals surface area contributed by atoms with E-state index in [0.717, 1.165) is 5.69 Å². The molecule has 0 radical (unpaired) electrons. The third-order valence-electron chi connectivity index (χ3n) is 5.32. The van der Waals surface area contributed by atoms with Crippen molar-refractivity contribution in [3.8, 4) is 0 Å². The van der Waals surface area contributed by atoms with Gasteiger partial charge in [0.15, 0.2) is 5.82 Å². The highest BCUT2D eigenvalue weighted by atomic mass is 19.1. The fourth-order valence-corrected chi connectivity index (χ4v) is 3.58. The van der Waals surface area contributed by atoms with Crippen molar-refractivity contribution in [3.05, 3.63) is 53.6 Å². The van der Waals surface area contributed by atoms with E-state index in [4.69, 9.17) is 4.74 Å². The van der Waals surface area contributed by atoms with Crippen LogP contribution in [0, 0.1) is 12.7 Å². The highest BCUT2D eigenvalue weighted by Crippen LogP contribution is 2.29. The Labute approximate surface area is 181 Å². The minimum atomic E-state index is -0.491. The number of aromatic nitrogens is 1. The second kappa shape index (κ2) is 10.1. The number of carbonyl (C=O) groups excluding carboxylic acids is 2. The number of pyridine rings is 1. The van der Waals surface area contributed by atoms with E-state index in [0.29, 0.717) is 49.5 Å². The van der Waals surface area contributed by atoms with E-state index in [1.165, 1.54) is 7.11 Å². The van der Waals surface area contributed by atoms with Crippen molar-refractivity contribution in [3.63, 3.8) is 0 Å². The molecule has 1 aliphatic rings. The number of piperazine rings is 1. The number of ether oxygens (including phenoxy) is 1. The van der Waals surface area contributed by atoms with Crippen LogP contribution in [-0.4, -0.2) is 55.3 Å². The molecule has 1 aliphatic heterocycles. The first-order valence-corrected chi connectivity index (χ1v) is 10.3. The van der Waals surface area contributed by atoms with Gasteiger partial charge in [-0.2, -0.15) is 0 Å². The van der Waals surface area contributed by atoms with Gasteiger partial charge < -0.3 is 25.2 Å². The maximum atomic E-state index is 15.4.